The molecule has 2 aromatic heterocycles. The van der Waals surface area contributed by atoms with Gasteiger partial charge in [-0.05, 0) is 76.3 Å². The summed E-state index contributed by atoms with van der Waals surface area (Å²) in [5, 5.41) is 10.8. The van der Waals surface area contributed by atoms with Crippen LogP contribution >= 0.6 is 0 Å². The highest BCUT2D eigenvalue weighted by Crippen LogP contribution is 2.38. The van der Waals surface area contributed by atoms with E-state index in [0.29, 0.717) is 17.3 Å². The fourth-order valence-electron chi connectivity index (χ4n) is 6.55. The fourth-order valence-corrected chi connectivity index (χ4v) is 6.55. The summed E-state index contributed by atoms with van der Waals surface area (Å²) in [5.74, 6) is 1.18. The first kappa shape index (κ1) is 29.2. The van der Waals surface area contributed by atoms with Gasteiger partial charge in [-0.25, -0.2) is 4.98 Å². The van der Waals surface area contributed by atoms with Crippen molar-refractivity contribution in [3.63, 3.8) is 0 Å². The molecule has 0 bridgehead atoms. The molecule has 2 heterocycles. The minimum Gasteiger partial charge on any atom is -0.507 e. The molecule has 0 radical (unpaired) electrons. The van der Waals surface area contributed by atoms with Crippen molar-refractivity contribution in [1.29, 1.82) is 0 Å². The second-order valence-electron chi connectivity index (χ2n) is 12.1. The highest BCUT2D eigenvalue weighted by Gasteiger charge is 2.19. The van der Waals surface area contributed by atoms with Gasteiger partial charge in [0, 0.05) is 28.9 Å². The van der Waals surface area contributed by atoms with E-state index in [1.807, 2.05) is 42.6 Å². The molecule has 1 N–H and O–H groups in total. The predicted molar refractivity (Wildman–Crippen MR) is 196 cm³/mol. The predicted octanol–water partition coefficient (Wildman–Crippen LogP) is 10.9. The first-order valence-electron chi connectivity index (χ1n) is 16.2. The monoisotopic (exact) mass is 619 g/mol. The van der Waals surface area contributed by atoms with Gasteiger partial charge in [-0.3, -0.25) is 9.55 Å². The lowest BCUT2D eigenvalue weighted by atomic mass is 9.91. The standard InChI is InChI=1S/C44H33N3O/c1-30(31-13-4-2-5-14-31)32-15-10-16-33(27-32)34-25-26-45-40(29-34)36-18-11-17-35(28-36)38-22-12-23-41-43(38)46-44(39-21-8-9-24-42(39)48)47(41)37-19-6-3-7-20-37/h2-30,48H,1H3. The summed E-state index contributed by atoms with van der Waals surface area (Å²) in [6.45, 7) is 2.26. The van der Waals surface area contributed by atoms with E-state index < -0.39 is 0 Å². The first-order chi connectivity index (χ1) is 23.6. The van der Waals surface area contributed by atoms with Crippen LogP contribution in [0.3, 0.4) is 0 Å². The molecule has 4 heteroatoms. The lowest BCUT2D eigenvalue weighted by Crippen LogP contribution is -1.97. The Morgan fingerprint density at radius 1 is 0.542 bits per heavy atom. The zero-order valence-corrected chi connectivity index (χ0v) is 26.5. The Balaban J connectivity index is 1.20. The number of hydrogen-bond acceptors (Lipinski definition) is 3. The fraction of sp³-hybridized carbons (Fsp3) is 0.0455. The van der Waals surface area contributed by atoms with Crippen molar-refractivity contribution >= 4 is 11.0 Å². The number of para-hydroxylation sites is 3. The summed E-state index contributed by atoms with van der Waals surface area (Å²) in [6.07, 6.45) is 1.89. The lowest BCUT2D eigenvalue weighted by molar-refractivity contribution is 0.477. The molecular formula is C44H33N3O. The van der Waals surface area contributed by atoms with E-state index in [0.717, 1.165) is 44.7 Å². The molecule has 6 aromatic carbocycles. The number of benzene rings is 6. The molecule has 8 rings (SSSR count). The van der Waals surface area contributed by atoms with Crippen molar-refractivity contribution < 1.29 is 5.11 Å². The number of fused-ring (bicyclic) bond motifs is 1. The van der Waals surface area contributed by atoms with Crippen LogP contribution < -0.4 is 0 Å². The second-order valence-corrected chi connectivity index (χ2v) is 12.1. The minimum atomic E-state index is 0.194. The molecule has 8 aromatic rings. The quantitative estimate of drug-likeness (QED) is 0.193. The van der Waals surface area contributed by atoms with Gasteiger partial charge in [0.15, 0.2) is 0 Å². The number of aromatic hydroxyl groups is 1. The first-order valence-corrected chi connectivity index (χ1v) is 16.2. The summed E-state index contributed by atoms with van der Waals surface area (Å²) in [6, 6.07) is 56.0. The number of pyridine rings is 1. The normalized spacial score (nSPS) is 11.9. The average Bonchev–Trinajstić information content (AvgIpc) is 3.55. The van der Waals surface area contributed by atoms with Crippen molar-refractivity contribution in [2.24, 2.45) is 0 Å². The smallest absolute Gasteiger partial charge is 0.149 e. The molecule has 0 aliphatic heterocycles. The molecule has 0 saturated carbocycles. The Labute approximate surface area is 280 Å². The number of phenols is 1. The molecule has 0 aliphatic rings. The number of nitrogens with zero attached hydrogens (tertiary/aromatic N) is 3. The largest absolute Gasteiger partial charge is 0.507 e. The number of hydrogen-bond donors (Lipinski definition) is 1. The molecule has 230 valence electrons. The van der Waals surface area contributed by atoms with Crippen LogP contribution in [0.2, 0.25) is 0 Å². The van der Waals surface area contributed by atoms with Gasteiger partial charge in [0.2, 0.25) is 0 Å². The Morgan fingerprint density at radius 3 is 2.02 bits per heavy atom. The van der Waals surface area contributed by atoms with Crippen molar-refractivity contribution in [2.45, 2.75) is 12.8 Å². The molecule has 0 aliphatic carbocycles. The zero-order valence-electron chi connectivity index (χ0n) is 26.5. The van der Waals surface area contributed by atoms with E-state index in [4.69, 9.17) is 9.97 Å². The number of rotatable bonds is 7. The third kappa shape index (κ3) is 5.44. The van der Waals surface area contributed by atoms with Gasteiger partial charge < -0.3 is 5.11 Å². The Morgan fingerprint density at radius 2 is 1.19 bits per heavy atom. The molecule has 0 fully saturated rings. The van der Waals surface area contributed by atoms with Crippen LogP contribution in [0.1, 0.15) is 24.0 Å². The van der Waals surface area contributed by atoms with Gasteiger partial charge in [0.05, 0.1) is 22.3 Å². The second kappa shape index (κ2) is 12.5. The highest BCUT2D eigenvalue weighted by atomic mass is 16.3. The Hall–Kier alpha value is -6.26. The number of imidazole rings is 1. The van der Waals surface area contributed by atoms with E-state index in [9.17, 15) is 5.11 Å². The molecule has 1 unspecified atom stereocenters. The van der Waals surface area contributed by atoms with E-state index in [1.54, 1.807) is 6.07 Å². The van der Waals surface area contributed by atoms with Gasteiger partial charge >= 0.3 is 0 Å². The van der Waals surface area contributed by atoms with E-state index in [1.165, 1.54) is 16.7 Å². The summed E-state index contributed by atoms with van der Waals surface area (Å²) in [4.78, 5) is 9.98. The van der Waals surface area contributed by atoms with Crippen LogP contribution in [-0.2, 0) is 0 Å². The maximum Gasteiger partial charge on any atom is 0.149 e. The maximum atomic E-state index is 10.8. The summed E-state index contributed by atoms with van der Waals surface area (Å²) < 4.78 is 2.12. The number of aromatic nitrogens is 3. The SMILES string of the molecule is CC(c1ccccc1)c1cccc(-c2ccnc(-c3cccc(-c4cccc5c4nc(-c4ccccc4O)n5-c4ccccc4)c3)c2)c1. The topological polar surface area (TPSA) is 50.9 Å². The van der Waals surface area contributed by atoms with Crippen molar-refractivity contribution in [2.75, 3.05) is 0 Å². The van der Waals surface area contributed by atoms with Crippen LogP contribution in [0.15, 0.2) is 170 Å². The number of phenolic OH excluding ortho intramolecular Hbond substituents is 1. The average molecular weight is 620 g/mol. The molecule has 0 amide bonds. The van der Waals surface area contributed by atoms with Crippen LogP contribution in [0.25, 0.3) is 61.6 Å². The lowest BCUT2D eigenvalue weighted by Gasteiger charge is -2.14. The zero-order chi connectivity index (χ0) is 32.5. The third-order valence-electron chi connectivity index (χ3n) is 9.09. The molecule has 1 atom stereocenters. The summed E-state index contributed by atoms with van der Waals surface area (Å²) in [7, 11) is 0. The van der Waals surface area contributed by atoms with Crippen molar-refractivity contribution in [3.05, 3.63) is 181 Å². The van der Waals surface area contributed by atoms with Crippen molar-refractivity contribution in [3.8, 4) is 56.3 Å². The maximum absolute atomic E-state index is 10.8. The van der Waals surface area contributed by atoms with Gasteiger partial charge in [-0.15, -0.1) is 0 Å². The van der Waals surface area contributed by atoms with Gasteiger partial charge in [-0.1, -0.05) is 122 Å². The van der Waals surface area contributed by atoms with Gasteiger partial charge in [0.1, 0.15) is 11.6 Å². The van der Waals surface area contributed by atoms with E-state index >= 15 is 0 Å². The Bertz CT molecular complexity index is 2380. The van der Waals surface area contributed by atoms with Crippen LogP contribution in [-0.4, -0.2) is 19.6 Å². The summed E-state index contributed by atoms with van der Waals surface area (Å²) >= 11 is 0. The van der Waals surface area contributed by atoms with Crippen LogP contribution in [0.4, 0.5) is 0 Å². The molecule has 48 heavy (non-hydrogen) atoms. The highest BCUT2D eigenvalue weighted by molar-refractivity contribution is 5.96. The van der Waals surface area contributed by atoms with Gasteiger partial charge in [-0.2, -0.15) is 0 Å². The molecule has 0 spiro atoms. The van der Waals surface area contributed by atoms with Crippen LogP contribution in [0, 0.1) is 0 Å². The van der Waals surface area contributed by atoms with E-state index in [2.05, 4.69) is 133 Å². The summed E-state index contributed by atoms with van der Waals surface area (Å²) in [5.41, 5.74) is 12.4. The van der Waals surface area contributed by atoms with E-state index in [-0.39, 0.29) is 5.75 Å². The molecular weight excluding hydrogens is 587 g/mol. The molecule has 4 nitrogen and oxygen atoms in total. The third-order valence-corrected chi connectivity index (χ3v) is 9.09. The van der Waals surface area contributed by atoms with Gasteiger partial charge in [0.25, 0.3) is 0 Å². The minimum absolute atomic E-state index is 0.194. The van der Waals surface area contributed by atoms with Crippen molar-refractivity contribution in [1.82, 2.24) is 14.5 Å². The van der Waals surface area contributed by atoms with Crippen LogP contribution in [0.5, 0.6) is 5.75 Å². The Kier molecular flexibility index (Phi) is 7.60. The molecule has 0 saturated heterocycles.